The summed E-state index contributed by atoms with van der Waals surface area (Å²) in [5, 5.41) is 20.6. The number of hydrogen-bond donors (Lipinski definition) is 4. The van der Waals surface area contributed by atoms with E-state index < -0.39 is 34.1 Å². The van der Waals surface area contributed by atoms with Crippen LogP contribution in [0.2, 0.25) is 0 Å². The molecule has 0 spiro atoms. The molecule has 0 aliphatic carbocycles. The van der Waals surface area contributed by atoms with E-state index in [0.29, 0.717) is 6.42 Å². The van der Waals surface area contributed by atoms with Crippen molar-refractivity contribution < 1.29 is 28.0 Å². The molecule has 0 aromatic heterocycles. The van der Waals surface area contributed by atoms with Crippen LogP contribution in [0.15, 0.2) is 0 Å². The molecule has 108 valence electrons. The lowest BCUT2D eigenvalue weighted by Crippen LogP contribution is -2.44. The molecule has 0 saturated carbocycles. The second-order valence-corrected chi connectivity index (χ2v) is 6.18. The van der Waals surface area contributed by atoms with Gasteiger partial charge in [-0.25, -0.2) is 0 Å². The predicted octanol–water partition coefficient (Wildman–Crippen LogP) is -0.504. The van der Waals surface area contributed by atoms with E-state index >= 15 is 0 Å². The molecule has 0 heterocycles. The summed E-state index contributed by atoms with van der Waals surface area (Å²) in [5.74, 6) is -0.788. The Bertz CT molecular complexity index is 351. The van der Waals surface area contributed by atoms with Gasteiger partial charge in [-0.2, -0.15) is 8.42 Å². The van der Waals surface area contributed by atoms with Crippen LogP contribution in [0.3, 0.4) is 0 Å². The normalized spacial score (nSPS) is 13.9. The summed E-state index contributed by atoms with van der Waals surface area (Å²) >= 11 is 0. The molecule has 0 aromatic rings. The lowest BCUT2D eigenvalue weighted by Gasteiger charge is -2.22. The first kappa shape index (κ1) is 17.3. The molecule has 1 unspecified atom stereocenters. The minimum absolute atomic E-state index is 0.0133. The van der Waals surface area contributed by atoms with Gasteiger partial charge in [0.15, 0.2) is 6.29 Å². The van der Waals surface area contributed by atoms with Gasteiger partial charge < -0.3 is 15.5 Å². The van der Waals surface area contributed by atoms with Crippen LogP contribution in [0, 0.1) is 5.92 Å². The Morgan fingerprint density at radius 1 is 1.28 bits per heavy atom. The van der Waals surface area contributed by atoms with Crippen LogP contribution in [0.1, 0.15) is 33.1 Å². The molecule has 0 saturated heterocycles. The summed E-state index contributed by atoms with van der Waals surface area (Å²) in [5.41, 5.74) is 0. The molecule has 8 heteroatoms. The quantitative estimate of drug-likeness (QED) is 0.351. The Labute approximate surface area is 107 Å². The van der Waals surface area contributed by atoms with Crippen LogP contribution >= 0.6 is 0 Å². The van der Waals surface area contributed by atoms with E-state index in [4.69, 9.17) is 14.8 Å². The van der Waals surface area contributed by atoms with Crippen molar-refractivity contribution in [3.05, 3.63) is 0 Å². The second kappa shape index (κ2) is 7.67. The van der Waals surface area contributed by atoms with Crippen LogP contribution in [0.5, 0.6) is 0 Å². The number of aliphatic hydroxyl groups excluding tert-OH is 1. The smallest absolute Gasteiger partial charge is 0.264 e. The minimum atomic E-state index is -4.06. The molecule has 0 aliphatic heterocycles. The zero-order valence-corrected chi connectivity index (χ0v) is 11.4. The highest BCUT2D eigenvalue weighted by Gasteiger charge is 2.20. The van der Waals surface area contributed by atoms with Gasteiger partial charge in [0.05, 0.1) is 11.8 Å². The minimum Gasteiger partial charge on any atom is -0.366 e. The van der Waals surface area contributed by atoms with E-state index in [9.17, 15) is 13.2 Å². The SMILES string of the molecule is CC(C)CC(NC(=O)CCCS(=O)(=O)O)C(O)O. The summed E-state index contributed by atoms with van der Waals surface area (Å²) in [6, 6.07) is -0.775. The summed E-state index contributed by atoms with van der Waals surface area (Å²) in [4.78, 5) is 11.4. The second-order valence-electron chi connectivity index (χ2n) is 4.61. The van der Waals surface area contributed by atoms with Crippen molar-refractivity contribution in [3.63, 3.8) is 0 Å². The predicted molar refractivity (Wildman–Crippen MR) is 65.3 cm³/mol. The van der Waals surface area contributed by atoms with Crippen LogP contribution in [0.4, 0.5) is 0 Å². The molecule has 1 atom stereocenters. The van der Waals surface area contributed by atoms with Crippen molar-refractivity contribution in [2.24, 2.45) is 5.92 Å². The van der Waals surface area contributed by atoms with Crippen molar-refractivity contribution in [2.75, 3.05) is 5.75 Å². The Balaban J connectivity index is 4.10. The third kappa shape index (κ3) is 9.34. The van der Waals surface area contributed by atoms with Gasteiger partial charge >= 0.3 is 0 Å². The molecule has 0 rings (SSSR count). The lowest BCUT2D eigenvalue weighted by atomic mass is 10.0. The maximum Gasteiger partial charge on any atom is 0.264 e. The van der Waals surface area contributed by atoms with Gasteiger partial charge in [-0.3, -0.25) is 9.35 Å². The number of carbonyl (C=O) groups is 1. The third-order valence-electron chi connectivity index (χ3n) is 2.24. The monoisotopic (exact) mass is 283 g/mol. The van der Waals surface area contributed by atoms with Crippen molar-refractivity contribution in [2.45, 2.75) is 45.4 Å². The number of rotatable bonds is 8. The Morgan fingerprint density at radius 3 is 2.22 bits per heavy atom. The van der Waals surface area contributed by atoms with Crippen LogP contribution < -0.4 is 5.32 Å². The molecule has 0 bridgehead atoms. The summed E-state index contributed by atoms with van der Waals surface area (Å²) in [7, 11) is -4.06. The molecule has 0 radical (unpaired) electrons. The van der Waals surface area contributed by atoms with E-state index in [2.05, 4.69) is 5.32 Å². The Kier molecular flexibility index (Phi) is 7.37. The Morgan fingerprint density at radius 2 is 1.83 bits per heavy atom. The molecular weight excluding hydrogens is 262 g/mol. The highest BCUT2D eigenvalue weighted by atomic mass is 32.2. The van der Waals surface area contributed by atoms with E-state index in [0.717, 1.165) is 0 Å². The zero-order valence-electron chi connectivity index (χ0n) is 10.5. The van der Waals surface area contributed by atoms with Crippen molar-refractivity contribution in [1.29, 1.82) is 0 Å². The van der Waals surface area contributed by atoms with E-state index in [1.165, 1.54) is 0 Å². The summed E-state index contributed by atoms with van der Waals surface area (Å²) in [6.45, 7) is 3.75. The van der Waals surface area contributed by atoms with Gasteiger partial charge in [0.2, 0.25) is 5.91 Å². The topological polar surface area (TPSA) is 124 Å². The van der Waals surface area contributed by atoms with Crippen LogP contribution in [0.25, 0.3) is 0 Å². The van der Waals surface area contributed by atoms with E-state index in [1.807, 2.05) is 13.8 Å². The first-order valence-corrected chi connectivity index (χ1v) is 7.33. The van der Waals surface area contributed by atoms with Gasteiger partial charge in [-0.1, -0.05) is 13.8 Å². The average Bonchev–Trinajstić information content (AvgIpc) is 2.13. The number of hydrogen-bond acceptors (Lipinski definition) is 5. The Hall–Kier alpha value is -0.700. The first-order chi connectivity index (χ1) is 8.11. The fourth-order valence-corrected chi connectivity index (χ4v) is 1.97. The highest BCUT2D eigenvalue weighted by molar-refractivity contribution is 7.85. The van der Waals surface area contributed by atoms with Gasteiger partial charge in [0.25, 0.3) is 10.1 Å². The van der Waals surface area contributed by atoms with E-state index in [-0.39, 0.29) is 18.8 Å². The lowest BCUT2D eigenvalue weighted by molar-refractivity contribution is -0.127. The summed E-state index contributed by atoms with van der Waals surface area (Å²) < 4.78 is 29.3. The molecule has 18 heavy (non-hydrogen) atoms. The summed E-state index contributed by atoms with van der Waals surface area (Å²) in [6.07, 6.45) is -1.36. The molecular formula is C10H21NO6S. The number of nitrogens with one attached hydrogen (secondary N) is 1. The molecule has 0 aromatic carbocycles. The van der Waals surface area contributed by atoms with Crippen LogP contribution in [-0.2, 0) is 14.9 Å². The molecule has 0 fully saturated rings. The zero-order chi connectivity index (χ0) is 14.3. The van der Waals surface area contributed by atoms with Crippen molar-refractivity contribution >= 4 is 16.0 Å². The maximum absolute atomic E-state index is 11.4. The van der Waals surface area contributed by atoms with Gasteiger partial charge in [-0.15, -0.1) is 0 Å². The number of amides is 1. The first-order valence-electron chi connectivity index (χ1n) is 5.72. The molecule has 1 amide bonds. The van der Waals surface area contributed by atoms with Crippen LogP contribution in [-0.4, -0.2) is 47.2 Å². The van der Waals surface area contributed by atoms with Crippen molar-refractivity contribution in [1.82, 2.24) is 5.32 Å². The average molecular weight is 283 g/mol. The fourth-order valence-electron chi connectivity index (χ4n) is 1.46. The fraction of sp³-hybridized carbons (Fsp3) is 0.900. The van der Waals surface area contributed by atoms with E-state index in [1.54, 1.807) is 0 Å². The largest absolute Gasteiger partial charge is 0.366 e. The number of carbonyl (C=O) groups excluding carboxylic acids is 1. The highest BCUT2D eigenvalue weighted by Crippen LogP contribution is 2.07. The number of aliphatic hydroxyl groups is 2. The van der Waals surface area contributed by atoms with Gasteiger partial charge in [0.1, 0.15) is 0 Å². The van der Waals surface area contributed by atoms with Crippen molar-refractivity contribution in [3.8, 4) is 0 Å². The van der Waals surface area contributed by atoms with Gasteiger partial charge in [0, 0.05) is 6.42 Å². The standard InChI is InChI=1S/C10H21NO6S/c1-7(2)6-8(10(13)14)11-9(12)4-3-5-18(15,16)17/h7-8,10,13-14H,3-6H2,1-2H3,(H,11,12)(H,15,16,17). The third-order valence-corrected chi connectivity index (χ3v) is 3.04. The molecule has 4 N–H and O–H groups in total. The van der Waals surface area contributed by atoms with Gasteiger partial charge in [-0.05, 0) is 18.8 Å². The maximum atomic E-state index is 11.4. The molecule has 7 nitrogen and oxygen atoms in total. The molecule has 0 aliphatic rings.